The van der Waals surface area contributed by atoms with Crippen LogP contribution in [-0.2, 0) is 4.79 Å². The summed E-state index contributed by atoms with van der Waals surface area (Å²) in [4.78, 5) is 33.3. The summed E-state index contributed by atoms with van der Waals surface area (Å²) in [6, 6.07) is 3.42. The van der Waals surface area contributed by atoms with Crippen molar-refractivity contribution in [2.24, 2.45) is 10.9 Å². The van der Waals surface area contributed by atoms with Crippen molar-refractivity contribution in [3.8, 4) is 0 Å². The Labute approximate surface area is 172 Å². The highest BCUT2D eigenvalue weighted by atomic mass is 16.3. The Hall–Kier alpha value is -2.51. The molecule has 2 aliphatic rings. The molecule has 2 amide bonds. The van der Waals surface area contributed by atoms with Crippen LogP contribution >= 0.6 is 0 Å². The third-order valence-electron chi connectivity index (χ3n) is 5.58. The minimum absolute atomic E-state index is 0.0676. The number of guanidine groups is 1. The highest BCUT2D eigenvalue weighted by Gasteiger charge is 2.25. The van der Waals surface area contributed by atoms with Crippen molar-refractivity contribution in [2.45, 2.75) is 39.0 Å². The van der Waals surface area contributed by atoms with Gasteiger partial charge in [-0.25, -0.2) is 0 Å². The van der Waals surface area contributed by atoms with Crippen LogP contribution in [0.25, 0.3) is 0 Å². The molecule has 160 valence electrons. The molecule has 0 radical (unpaired) electrons. The molecular weight excluding hydrogens is 370 g/mol. The van der Waals surface area contributed by atoms with E-state index in [1.54, 1.807) is 12.1 Å². The maximum Gasteiger partial charge on any atom is 0.289 e. The van der Waals surface area contributed by atoms with Crippen molar-refractivity contribution in [3.63, 3.8) is 0 Å². The lowest BCUT2D eigenvalue weighted by atomic mass is 9.89. The van der Waals surface area contributed by atoms with Gasteiger partial charge in [-0.15, -0.1) is 0 Å². The van der Waals surface area contributed by atoms with Gasteiger partial charge in [0.05, 0.1) is 12.8 Å². The van der Waals surface area contributed by atoms with Gasteiger partial charge in [0.2, 0.25) is 5.91 Å². The van der Waals surface area contributed by atoms with Crippen LogP contribution in [0.4, 0.5) is 0 Å². The summed E-state index contributed by atoms with van der Waals surface area (Å²) in [5.74, 6) is 1.51. The van der Waals surface area contributed by atoms with E-state index in [1.165, 1.54) is 12.7 Å². The molecule has 1 saturated heterocycles. The Bertz CT molecular complexity index is 674. The van der Waals surface area contributed by atoms with E-state index in [0.717, 1.165) is 38.2 Å². The molecule has 8 heteroatoms. The summed E-state index contributed by atoms with van der Waals surface area (Å²) in [6.45, 7) is 6.60. The van der Waals surface area contributed by atoms with E-state index < -0.39 is 0 Å². The normalized spacial score (nSPS) is 18.6. The number of furan rings is 1. The van der Waals surface area contributed by atoms with E-state index >= 15 is 0 Å². The highest BCUT2D eigenvalue weighted by Crippen LogP contribution is 2.23. The maximum atomic E-state index is 12.4. The Morgan fingerprint density at radius 1 is 1.10 bits per heavy atom. The third kappa shape index (κ3) is 5.98. The van der Waals surface area contributed by atoms with Crippen molar-refractivity contribution in [1.29, 1.82) is 0 Å². The van der Waals surface area contributed by atoms with Crippen LogP contribution in [0, 0.1) is 5.92 Å². The fourth-order valence-electron chi connectivity index (χ4n) is 3.95. The Morgan fingerprint density at radius 3 is 2.48 bits per heavy atom. The van der Waals surface area contributed by atoms with Gasteiger partial charge in [0.15, 0.2) is 11.7 Å². The van der Waals surface area contributed by atoms with Crippen LogP contribution in [0.3, 0.4) is 0 Å². The molecule has 1 aromatic rings. The molecule has 29 heavy (non-hydrogen) atoms. The number of nitrogens with one attached hydrogen (secondary N) is 2. The molecular formula is C21H33N5O3. The van der Waals surface area contributed by atoms with E-state index in [2.05, 4.69) is 20.5 Å². The molecule has 1 saturated carbocycles. The van der Waals surface area contributed by atoms with Gasteiger partial charge in [-0.1, -0.05) is 19.3 Å². The number of aliphatic imine (C=N–C) groups is 1. The topological polar surface area (TPSA) is 90.2 Å². The van der Waals surface area contributed by atoms with Gasteiger partial charge in [-0.3, -0.25) is 14.6 Å². The second-order valence-electron chi connectivity index (χ2n) is 7.62. The van der Waals surface area contributed by atoms with Crippen LogP contribution < -0.4 is 10.6 Å². The van der Waals surface area contributed by atoms with E-state index in [0.29, 0.717) is 45.0 Å². The predicted octanol–water partition coefficient (Wildman–Crippen LogP) is 1.70. The quantitative estimate of drug-likeness (QED) is 0.429. The molecule has 2 heterocycles. The molecule has 0 unspecified atom stereocenters. The number of carbonyl (C=O) groups excluding carboxylic acids is 2. The van der Waals surface area contributed by atoms with Crippen LogP contribution in [0.2, 0.25) is 0 Å². The first-order valence-electron chi connectivity index (χ1n) is 10.8. The van der Waals surface area contributed by atoms with Gasteiger partial charge in [0, 0.05) is 45.2 Å². The van der Waals surface area contributed by atoms with Gasteiger partial charge in [0.25, 0.3) is 5.91 Å². The monoisotopic (exact) mass is 403 g/mol. The van der Waals surface area contributed by atoms with E-state index in [9.17, 15) is 9.59 Å². The molecule has 0 aromatic carbocycles. The van der Waals surface area contributed by atoms with Gasteiger partial charge in [-0.05, 0) is 31.9 Å². The maximum absolute atomic E-state index is 12.4. The zero-order valence-corrected chi connectivity index (χ0v) is 17.4. The van der Waals surface area contributed by atoms with E-state index in [-0.39, 0.29) is 17.7 Å². The van der Waals surface area contributed by atoms with Crippen molar-refractivity contribution >= 4 is 17.8 Å². The van der Waals surface area contributed by atoms with E-state index in [4.69, 9.17) is 4.42 Å². The summed E-state index contributed by atoms with van der Waals surface area (Å²) in [6.07, 6.45) is 7.12. The van der Waals surface area contributed by atoms with Gasteiger partial charge in [0.1, 0.15) is 0 Å². The van der Waals surface area contributed by atoms with Crippen molar-refractivity contribution in [1.82, 2.24) is 20.4 Å². The summed E-state index contributed by atoms with van der Waals surface area (Å²) in [5, 5.41) is 6.35. The minimum atomic E-state index is -0.0676. The molecule has 0 atom stereocenters. The fraction of sp³-hybridized carbons (Fsp3) is 0.667. The summed E-state index contributed by atoms with van der Waals surface area (Å²) in [7, 11) is 0. The first-order valence-corrected chi connectivity index (χ1v) is 10.8. The van der Waals surface area contributed by atoms with Gasteiger partial charge >= 0.3 is 0 Å². The fourth-order valence-corrected chi connectivity index (χ4v) is 3.95. The smallest absolute Gasteiger partial charge is 0.289 e. The number of carbonyl (C=O) groups is 2. The first kappa shape index (κ1) is 21.2. The molecule has 0 bridgehead atoms. The number of hydrogen-bond donors (Lipinski definition) is 2. The third-order valence-corrected chi connectivity index (χ3v) is 5.58. The van der Waals surface area contributed by atoms with Gasteiger partial charge in [-0.2, -0.15) is 0 Å². The van der Waals surface area contributed by atoms with Gasteiger partial charge < -0.3 is 24.9 Å². The van der Waals surface area contributed by atoms with Crippen LogP contribution in [0.15, 0.2) is 27.8 Å². The molecule has 1 aliphatic carbocycles. The van der Waals surface area contributed by atoms with Crippen LogP contribution in [0.1, 0.15) is 49.6 Å². The minimum Gasteiger partial charge on any atom is -0.459 e. The largest absolute Gasteiger partial charge is 0.459 e. The molecule has 1 aromatic heterocycles. The average molecular weight is 404 g/mol. The second-order valence-corrected chi connectivity index (χ2v) is 7.62. The molecule has 1 aliphatic heterocycles. The molecule has 3 rings (SSSR count). The van der Waals surface area contributed by atoms with Crippen molar-refractivity contribution < 1.29 is 14.0 Å². The standard InChI is InChI=1S/C21H33N5O3/c1-2-22-21(24-11-10-23-19(27)17-7-4-3-5-8-17)26-14-12-25(13-15-26)20(28)18-9-6-16-29-18/h6,9,16-17H,2-5,7-8,10-15H2,1H3,(H,22,24)(H,23,27). The summed E-state index contributed by atoms with van der Waals surface area (Å²) < 4.78 is 5.21. The summed E-state index contributed by atoms with van der Waals surface area (Å²) in [5.41, 5.74) is 0. The zero-order chi connectivity index (χ0) is 20.5. The highest BCUT2D eigenvalue weighted by molar-refractivity contribution is 5.91. The Morgan fingerprint density at radius 2 is 1.83 bits per heavy atom. The molecule has 8 nitrogen and oxygen atoms in total. The number of nitrogens with zero attached hydrogens (tertiary/aromatic N) is 3. The van der Waals surface area contributed by atoms with Crippen LogP contribution in [-0.4, -0.2) is 73.4 Å². The van der Waals surface area contributed by atoms with Crippen molar-refractivity contribution in [3.05, 3.63) is 24.2 Å². The Kier molecular flexibility index (Phi) is 7.95. The lowest BCUT2D eigenvalue weighted by Crippen LogP contribution is -2.53. The lowest BCUT2D eigenvalue weighted by Gasteiger charge is -2.36. The first-order chi connectivity index (χ1) is 14.2. The number of amides is 2. The number of piperazine rings is 1. The predicted molar refractivity (Wildman–Crippen MR) is 112 cm³/mol. The lowest BCUT2D eigenvalue weighted by molar-refractivity contribution is -0.125. The number of rotatable bonds is 6. The second kappa shape index (κ2) is 10.9. The molecule has 2 N–H and O–H groups in total. The SMILES string of the molecule is CCNC(=NCCNC(=O)C1CCCCC1)N1CCN(C(=O)c2ccco2)CC1. The number of hydrogen-bond acceptors (Lipinski definition) is 4. The molecule has 0 spiro atoms. The van der Waals surface area contributed by atoms with Crippen LogP contribution in [0.5, 0.6) is 0 Å². The van der Waals surface area contributed by atoms with E-state index in [1.807, 2.05) is 11.8 Å². The van der Waals surface area contributed by atoms with Crippen molar-refractivity contribution in [2.75, 3.05) is 45.8 Å². The molecule has 2 fully saturated rings. The summed E-state index contributed by atoms with van der Waals surface area (Å²) >= 11 is 0. The Balaban J connectivity index is 1.44. The zero-order valence-electron chi connectivity index (χ0n) is 17.4. The average Bonchev–Trinajstić information content (AvgIpc) is 3.31.